The van der Waals surface area contributed by atoms with Crippen molar-refractivity contribution in [3.8, 4) is 6.19 Å². The third-order valence-electron chi connectivity index (χ3n) is 1.80. The molecule has 0 saturated carbocycles. The molecule has 2 rings (SSSR count). The van der Waals surface area contributed by atoms with Gasteiger partial charge in [0.15, 0.2) is 6.19 Å². The zero-order chi connectivity index (χ0) is 6.27. The average molecular weight is 124 g/mol. The first-order valence-corrected chi connectivity index (χ1v) is 3.10. The Hall–Kier alpha value is -0.790. The second-order valence-electron chi connectivity index (χ2n) is 2.29. The van der Waals surface area contributed by atoms with Crippen molar-refractivity contribution in [2.75, 3.05) is 19.6 Å². The van der Waals surface area contributed by atoms with Crippen molar-refractivity contribution in [1.82, 2.24) is 15.3 Å². The van der Waals surface area contributed by atoms with Gasteiger partial charge in [0.25, 0.3) is 0 Å². The molecule has 0 bridgehead atoms. The Balaban J connectivity index is 2.00. The molecule has 1 N–H and O–H groups in total. The standard InChI is InChI=1S/C5H8N4/c6-4-9-5-3-7-1-2-8(5)9/h5,7H,1-3H2. The molecule has 9 heavy (non-hydrogen) atoms. The van der Waals surface area contributed by atoms with Crippen molar-refractivity contribution < 1.29 is 0 Å². The minimum Gasteiger partial charge on any atom is -0.312 e. The van der Waals surface area contributed by atoms with Gasteiger partial charge in [0.05, 0.1) is 0 Å². The average Bonchev–Trinajstić information content (AvgIpc) is 2.60. The van der Waals surface area contributed by atoms with E-state index in [1.54, 1.807) is 5.01 Å². The molecular formula is C5H8N4. The maximum atomic E-state index is 8.44. The van der Waals surface area contributed by atoms with Crippen molar-refractivity contribution in [3.63, 3.8) is 0 Å². The van der Waals surface area contributed by atoms with E-state index < -0.39 is 0 Å². The molecule has 2 aliphatic heterocycles. The van der Waals surface area contributed by atoms with Crippen LogP contribution in [-0.2, 0) is 0 Å². The van der Waals surface area contributed by atoms with E-state index in [9.17, 15) is 0 Å². The van der Waals surface area contributed by atoms with Crippen LogP contribution >= 0.6 is 0 Å². The van der Waals surface area contributed by atoms with Crippen LogP contribution < -0.4 is 5.32 Å². The number of hydrogen-bond acceptors (Lipinski definition) is 4. The fraction of sp³-hybridized carbons (Fsp3) is 0.800. The van der Waals surface area contributed by atoms with Crippen LogP contribution in [0.15, 0.2) is 0 Å². The van der Waals surface area contributed by atoms with Crippen molar-refractivity contribution in [3.05, 3.63) is 0 Å². The molecule has 48 valence electrons. The molecule has 0 radical (unpaired) electrons. The van der Waals surface area contributed by atoms with Crippen LogP contribution in [0.5, 0.6) is 0 Å². The molecule has 4 nitrogen and oxygen atoms in total. The lowest BCUT2D eigenvalue weighted by Gasteiger charge is -2.06. The summed E-state index contributed by atoms with van der Waals surface area (Å²) < 4.78 is 0. The minimum atomic E-state index is 0.378. The van der Waals surface area contributed by atoms with Crippen LogP contribution in [0.2, 0.25) is 0 Å². The molecule has 4 heteroatoms. The minimum absolute atomic E-state index is 0.378. The van der Waals surface area contributed by atoms with Crippen LogP contribution in [0.25, 0.3) is 0 Å². The highest BCUT2D eigenvalue weighted by Crippen LogP contribution is 2.24. The summed E-state index contributed by atoms with van der Waals surface area (Å²) in [6.45, 7) is 2.93. The van der Waals surface area contributed by atoms with Crippen molar-refractivity contribution in [2.24, 2.45) is 0 Å². The summed E-state index contributed by atoms with van der Waals surface area (Å²) in [5.74, 6) is 0. The van der Waals surface area contributed by atoms with E-state index in [2.05, 4.69) is 16.5 Å². The fourth-order valence-electron chi connectivity index (χ4n) is 1.25. The number of hydrazine groups is 1. The first kappa shape index (κ1) is 5.03. The zero-order valence-corrected chi connectivity index (χ0v) is 5.04. The van der Waals surface area contributed by atoms with Gasteiger partial charge in [0.1, 0.15) is 6.17 Å². The largest absolute Gasteiger partial charge is 0.312 e. The van der Waals surface area contributed by atoms with Crippen molar-refractivity contribution in [2.45, 2.75) is 6.17 Å². The van der Waals surface area contributed by atoms with Gasteiger partial charge in [-0.2, -0.15) is 10.3 Å². The van der Waals surface area contributed by atoms with Crippen LogP contribution in [0.3, 0.4) is 0 Å². The van der Waals surface area contributed by atoms with Gasteiger partial charge in [-0.1, -0.05) is 0 Å². The lowest BCUT2D eigenvalue weighted by Crippen LogP contribution is -2.33. The molecular weight excluding hydrogens is 116 g/mol. The molecule has 2 saturated heterocycles. The molecule has 2 aliphatic rings. The first-order valence-electron chi connectivity index (χ1n) is 3.10. The van der Waals surface area contributed by atoms with Gasteiger partial charge in [-0.05, 0) is 0 Å². The van der Waals surface area contributed by atoms with Gasteiger partial charge in [0, 0.05) is 19.6 Å². The molecule has 0 aromatic carbocycles. The fourth-order valence-corrected chi connectivity index (χ4v) is 1.25. The lowest BCUT2D eigenvalue weighted by atomic mass is 10.4. The topological polar surface area (TPSA) is 41.8 Å². The predicted molar refractivity (Wildman–Crippen MR) is 30.8 cm³/mol. The highest BCUT2D eigenvalue weighted by Gasteiger charge is 2.46. The van der Waals surface area contributed by atoms with Gasteiger partial charge in [0.2, 0.25) is 0 Å². The van der Waals surface area contributed by atoms with E-state index in [1.807, 2.05) is 0 Å². The van der Waals surface area contributed by atoms with Gasteiger partial charge < -0.3 is 5.32 Å². The zero-order valence-electron chi connectivity index (χ0n) is 5.04. The van der Waals surface area contributed by atoms with Gasteiger partial charge >= 0.3 is 0 Å². The molecule has 0 spiro atoms. The third-order valence-corrected chi connectivity index (χ3v) is 1.80. The third kappa shape index (κ3) is 0.590. The van der Waals surface area contributed by atoms with E-state index in [4.69, 9.17) is 5.26 Å². The molecule has 2 unspecified atom stereocenters. The lowest BCUT2D eigenvalue weighted by molar-refractivity contribution is 0.362. The molecule has 0 aromatic heterocycles. The molecule has 0 amide bonds. The number of nitrogens with one attached hydrogen (secondary N) is 1. The van der Waals surface area contributed by atoms with Gasteiger partial charge in [-0.25, -0.2) is 5.01 Å². The summed E-state index contributed by atoms with van der Waals surface area (Å²) in [5.41, 5.74) is 0. The predicted octanol–water partition coefficient (Wildman–Crippen LogP) is -1.07. The Kier molecular flexibility index (Phi) is 0.891. The van der Waals surface area contributed by atoms with E-state index >= 15 is 0 Å². The Morgan fingerprint density at radius 1 is 1.67 bits per heavy atom. The summed E-state index contributed by atoms with van der Waals surface area (Å²) in [4.78, 5) is 0. The smallest absolute Gasteiger partial charge is 0.197 e. The van der Waals surface area contributed by atoms with Crippen LogP contribution in [0.4, 0.5) is 0 Å². The summed E-state index contributed by atoms with van der Waals surface area (Å²) >= 11 is 0. The van der Waals surface area contributed by atoms with Crippen molar-refractivity contribution in [1.29, 1.82) is 5.26 Å². The SMILES string of the molecule is N#CN1C2CNCCN21. The summed E-state index contributed by atoms with van der Waals surface area (Å²) in [7, 11) is 0. The number of fused-ring (bicyclic) bond motifs is 1. The Bertz CT molecular complexity index is 149. The number of piperazine rings is 1. The molecule has 2 atom stereocenters. The number of nitriles is 1. The number of hydrogen-bond donors (Lipinski definition) is 1. The summed E-state index contributed by atoms with van der Waals surface area (Å²) in [6.07, 6.45) is 2.48. The number of nitrogens with zero attached hydrogens (tertiary/aromatic N) is 3. The van der Waals surface area contributed by atoms with Crippen LogP contribution in [-0.4, -0.2) is 35.8 Å². The van der Waals surface area contributed by atoms with Crippen molar-refractivity contribution >= 4 is 0 Å². The quantitative estimate of drug-likeness (QED) is 0.330. The van der Waals surface area contributed by atoms with E-state index in [0.29, 0.717) is 6.17 Å². The maximum absolute atomic E-state index is 8.44. The Morgan fingerprint density at radius 3 is 3.11 bits per heavy atom. The molecule has 2 fully saturated rings. The molecule has 0 aliphatic carbocycles. The monoisotopic (exact) mass is 124 g/mol. The molecule has 2 heterocycles. The van der Waals surface area contributed by atoms with Crippen LogP contribution in [0.1, 0.15) is 0 Å². The first-order chi connectivity index (χ1) is 4.43. The Labute approximate surface area is 53.6 Å². The second kappa shape index (κ2) is 1.59. The van der Waals surface area contributed by atoms with Gasteiger partial charge in [-0.3, -0.25) is 0 Å². The van der Waals surface area contributed by atoms with E-state index in [0.717, 1.165) is 19.6 Å². The molecule has 0 aromatic rings. The Morgan fingerprint density at radius 2 is 2.56 bits per heavy atom. The second-order valence-corrected chi connectivity index (χ2v) is 2.29. The maximum Gasteiger partial charge on any atom is 0.197 e. The number of rotatable bonds is 0. The van der Waals surface area contributed by atoms with Gasteiger partial charge in [-0.15, -0.1) is 0 Å². The summed E-state index contributed by atoms with van der Waals surface area (Å²) in [6, 6.07) is 0. The summed E-state index contributed by atoms with van der Waals surface area (Å²) in [5, 5.41) is 15.4. The normalized spacial score (nSPS) is 39.2. The highest BCUT2D eigenvalue weighted by molar-refractivity contribution is 4.96. The highest BCUT2D eigenvalue weighted by atomic mass is 15.9. The van der Waals surface area contributed by atoms with Crippen LogP contribution in [0, 0.1) is 11.5 Å². The van der Waals surface area contributed by atoms with E-state index in [-0.39, 0.29) is 0 Å². The van der Waals surface area contributed by atoms with E-state index in [1.165, 1.54) is 0 Å².